The van der Waals surface area contributed by atoms with Crippen LogP contribution in [0.2, 0.25) is 0 Å². The molecule has 0 spiro atoms. The maximum Gasteiger partial charge on any atom is 0.293 e. The van der Waals surface area contributed by atoms with Crippen molar-refractivity contribution < 1.29 is 5.11 Å². The van der Waals surface area contributed by atoms with Gasteiger partial charge in [-0.2, -0.15) is 5.10 Å². The van der Waals surface area contributed by atoms with Crippen molar-refractivity contribution in [3.63, 3.8) is 0 Å². The molecule has 0 radical (unpaired) electrons. The number of rotatable bonds is 5. The van der Waals surface area contributed by atoms with Crippen LogP contribution in [0.1, 0.15) is 46.1 Å². The summed E-state index contributed by atoms with van der Waals surface area (Å²) in [5.74, 6) is 0.395. The largest absolute Gasteiger partial charge is 0.502 e. The summed E-state index contributed by atoms with van der Waals surface area (Å²) in [5.41, 5.74) is 2.05. The molecule has 0 aliphatic heterocycles. The van der Waals surface area contributed by atoms with Gasteiger partial charge in [-0.25, -0.2) is 19.5 Å². The smallest absolute Gasteiger partial charge is 0.293 e. The molecule has 0 unspecified atom stereocenters. The number of aryl methyl sites for hydroxylation is 1. The Hall–Kier alpha value is -3.55. The lowest BCUT2D eigenvalue weighted by atomic mass is 10.1. The van der Waals surface area contributed by atoms with Crippen molar-refractivity contribution in [2.75, 3.05) is 0 Å². The molecule has 0 saturated heterocycles. The number of nitrogens with zero attached hydrogens (tertiary/aromatic N) is 5. The van der Waals surface area contributed by atoms with Crippen LogP contribution in [0.5, 0.6) is 5.75 Å². The minimum Gasteiger partial charge on any atom is -0.502 e. The van der Waals surface area contributed by atoms with Gasteiger partial charge in [-0.1, -0.05) is 58.6 Å². The molecule has 8 heteroatoms. The molecular weight excluding hydrogens is 380 g/mol. The van der Waals surface area contributed by atoms with Crippen molar-refractivity contribution in [3.8, 4) is 17.3 Å². The molecule has 2 N–H and O–H groups in total. The van der Waals surface area contributed by atoms with E-state index >= 15 is 0 Å². The summed E-state index contributed by atoms with van der Waals surface area (Å²) in [6.45, 7) is 15.6. The van der Waals surface area contributed by atoms with E-state index in [9.17, 15) is 9.90 Å². The molecule has 3 rings (SSSR count). The first-order valence-corrected chi connectivity index (χ1v) is 9.97. The van der Waals surface area contributed by atoms with Gasteiger partial charge in [0, 0.05) is 6.42 Å². The summed E-state index contributed by atoms with van der Waals surface area (Å²) >= 11 is 0. The molecule has 3 heterocycles. The number of aromatic hydroxyl groups is 1. The van der Waals surface area contributed by atoms with Crippen molar-refractivity contribution >= 4 is 5.65 Å². The Labute approximate surface area is 176 Å². The van der Waals surface area contributed by atoms with Crippen molar-refractivity contribution in [1.82, 2.24) is 29.5 Å². The van der Waals surface area contributed by atoms with Crippen molar-refractivity contribution in [2.45, 2.75) is 48.0 Å². The molecule has 0 aromatic carbocycles. The lowest BCUT2D eigenvalue weighted by Gasteiger charge is -2.07. The second kappa shape index (κ2) is 12.1. The molecule has 30 heavy (non-hydrogen) atoms. The topological polar surface area (TPSA) is 109 Å². The maximum absolute atomic E-state index is 11.7. The average Bonchev–Trinajstić information content (AvgIpc) is 3.16. The van der Waals surface area contributed by atoms with E-state index in [2.05, 4.69) is 31.6 Å². The zero-order chi connectivity index (χ0) is 22.7. The number of aromatic amines is 1. The minimum absolute atomic E-state index is 0.238. The zero-order valence-electron chi connectivity index (χ0n) is 18.5. The van der Waals surface area contributed by atoms with Crippen molar-refractivity contribution in [1.29, 1.82) is 0 Å². The van der Waals surface area contributed by atoms with E-state index in [1.807, 2.05) is 52.8 Å². The Morgan fingerprint density at radius 3 is 2.57 bits per heavy atom. The maximum atomic E-state index is 11.7. The molecule has 0 fully saturated rings. The third-order valence-electron chi connectivity index (χ3n) is 3.65. The summed E-state index contributed by atoms with van der Waals surface area (Å²) < 4.78 is 1.61. The molecule has 0 amide bonds. The summed E-state index contributed by atoms with van der Waals surface area (Å²) in [4.78, 5) is 27.2. The highest BCUT2D eigenvalue weighted by molar-refractivity contribution is 5.55. The van der Waals surface area contributed by atoms with Gasteiger partial charge in [0.05, 0.1) is 18.1 Å². The number of allylic oxidation sites excluding steroid dienone is 5. The lowest BCUT2D eigenvalue weighted by Crippen LogP contribution is -2.10. The number of fused-ring (bicyclic) bond motifs is 1. The Bertz CT molecular complexity index is 1090. The van der Waals surface area contributed by atoms with Crippen LogP contribution in [0.4, 0.5) is 0 Å². The highest BCUT2D eigenvalue weighted by Crippen LogP contribution is 2.18. The molecule has 8 nitrogen and oxygen atoms in total. The van der Waals surface area contributed by atoms with E-state index < -0.39 is 11.3 Å². The fourth-order valence-corrected chi connectivity index (χ4v) is 2.42. The van der Waals surface area contributed by atoms with Crippen molar-refractivity contribution in [3.05, 3.63) is 70.7 Å². The fraction of sp³-hybridized carbons (Fsp3) is 0.318. The zero-order valence-corrected chi connectivity index (χ0v) is 18.5. The third-order valence-corrected chi connectivity index (χ3v) is 3.65. The van der Waals surface area contributed by atoms with E-state index in [0.717, 1.165) is 11.8 Å². The van der Waals surface area contributed by atoms with Gasteiger partial charge in [-0.15, -0.1) is 0 Å². The van der Waals surface area contributed by atoms with Gasteiger partial charge in [0.1, 0.15) is 11.5 Å². The molecule has 3 aromatic heterocycles. The van der Waals surface area contributed by atoms with Gasteiger partial charge in [0.25, 0.3) is 5.56 Å². The van der Waals surface area contributed by atoms with Gasteiger partial charge < -0.3 is 10.1 Å². The van der Waals surface area contributed by atoms with Crippen LogP contribution in [-0.4, -0.2) is 34.7 Å². The van der Waals surface area contributed by atoms with Crippen LogP contribution < -0.4 is 5.56 Å². The first-order valence-electron chi connectivity index (χ1n) is 9.97. The number of nitrogens with one attached hydrogen (secondary N) is 1. The number of aromatic nitrogens is 6. The van der Waals surface area contributed by atoms with Crippen LogP contribution in [0.15, 0.2) is 53.6 Å². The second-order valence-corrected chi connectivity index (χ2v) is 5.59. The standard InChI is InChI=1S/C18H18N6O2.2C2H6/c1-4-6-7-12(5-2)8-13-17-20-11(3)23-24(17)10-14(21-13)16-19-9-15(25)18(26)22-16;2*1-2/h4-7,9-10,25H,2,8H2,1,3H3,(H,19,22,26);2*1-2H3/b6-4-,12-7+;;. The summed E-state index contributed by atoms with van der Waals surface area (Å²) in [7, 11) is 0. The Morgan fingerprint density at radius 2 is 1.97 bits per heavy atom. The second-order valence-electron chi connectivity index (χ2n) is 5.59. The Balaban J connectivity index is 0.00000106. The van der Waals surface area contributed by atoms with Gasteiger partial charge >= 0.3 is 0 Å². The Kier molecular flexibility index (Phi) is 9.88. The van der Waals surface area contributed by atoms with Gasteiger partial charge in [0.2, 0.25) is 0 Å². The van der Waals surface area contributed by atoms with Crippen LogP contribution in [-0.2, 0) is 6.42 Å². The third kappa shape index (κ3) is 5.97. The number of hydrogen-bond donors (Lipinski definition) is 2. The molecule has 3 aromatic rings. The van der Waals surface area contributed by atoms with Crippen molar-refractivity contribution in [2.24, 2.45) is 0 Å². The highest BCUT2D eigenvalue weighted by atomic mass is 16.3. The van der Waals surface area contributed by atoms with Crippen LogP contribution in [0.3, 0.4) is 0 Å². The molecule has 0 aliphatic carbocycles. The average molecular weight is 411 g/mol. The molecule has 0 bridgehead atoms. The van der Waals surface area contributed by atoms with E-state index in [4.69, 9.17) is 0 Å². The number of hydrogen-bond acceptors (Lipinski definition) is 6. The normalized spacial score (nSPS) is 10.9. The SMILES string of the molecule is C=C/C(=C\C=C/C)Cc1nc(-c2ncc(O)c(=O)[nH]2)cn2nc(C)nc12.CC.CC. The van der Waals surface area contributed by atoms with Gasteiger partial charge in [0.15, 0.2) is 17.2 Å². The first-order chi connectivity index (χ1) is 14.5. The molecule has 160 valence electrons. The van der Waals surface area contributed by atoms with E-state index in [0.29, 0.717) is 29.3 Å². The monoisotopic (exact) mass is 410 g/mol. The molecule has 0 aliphatic rings. The van der Waals surface area contributed by atoms with Crippen LogP contribution >= 0.6 is 0 Å². The molecule has 0 saturated carbocycles. The highest BCUT2D eigenvalue weighted by Gasteiger charge is 2.14. The minimum atomic E-state index is -0.632. The fourth-order valence-electron chi connectivity index (χ4n) is 2.42. The van der Waals surface area contributed by atoms with E-state index in [1.54, 1.807) is 23.7 Å². The number of H-pyrrole nitrogens is 1. The molecule has 0 atom stereocenters. The summed E-state index contributed by atoms with van der Waals surface area (Å²) in [6, 6.07) is 0. The molecular formula is C22H30N6O2. The van der Waals surface area contributed by atoms with E-state index in [-0.39, 0.29) is 5.82 Å². The summed E-state index contributed by atoms with van der Waals surface area (Å²) in [5, 5.41) is 13.7. The van der Waals surface area contributed by atoms with Crippen LogP contribution in [0.25, 0.3) is 17.2 Å². The van der Waals surface area contributed by atoms with E-state index in [1.165, 1.54) is 0 Å². The van der Waals surface area contributed by atoms with Gasteiger partial charge in [-0.05, 0) is 19.4 Å². The predicted octanol–water partition coefficient (Wildman–Crippen LogP) is 4.17. The van der Waals surface area contributed by atoms with Gasteiger partial charge in [-0.3, -0.25) is 4.79 Å². The quantitative estimate of drug-likeness (QED) is 0.611. The first kappa shape index (κ1) is 24.5. The summed E-state index contributed by atoms with van der Waals surface area (Å²) in [6.07, 6.45) is 10.8. The predicted molar refractivity (Wildman–Crippen MR) is 121 cm³/mol. The van der Waals surface area contributed by atoms with Crippen LogP contribution in [0, 0.1) is 6.92 Å². The Morgan fingerprint density at radius 1 is 1.27 bits per heavy atom. The lowest BCUT2D eigenvalue weighted by molar-refractivity contribution is 0.463.